The van der Waals surface area contributed by atoms with Crippen LogP contribution in [0.2, 0.25) is 0 Å². The molecule has 0 unspecified atom stereocenters. The number of anilines is 1. The maximum Gasteiger partial charge on any atom is 0.303 e. The molecule has 1 aromatic heterocycles. The van der Waals surface area contributed by atoms with E-state index in [2.05, 4.69) is 4.98 Å². The molecule has 2 aromatic rings. The molecule has 4 nitrogen and oxygen atoms in total. The molecule has 0 spiro atoms. The second-order valence-electron chi connectivity index (χ2n) is 3.27. The molecule has 1 heterocycles. The summed E-state index contributed by atoms with van der Waals surface area (Å²) in [7, 11) is 0. The van der Waals surface area contributed by atoms with Crippen LogP contribution in [0.25, 0.3) is 0 Å². The van der Waals surface area contributed by atoms with Gasteiger partial charge in [-0.05, 0) is 31.2 Å². The Balaban J connectivity index is 2.23. The van der Waals surface area contributed by atoms with Crippen molar-refractivity contribution in [1.29, 1.82) is 0 Å². The molecule has 2 rings (SSSR count). The van der Waals surface area contributed by atoms with Gasteiger partial charge >= 0.3 is 6.01 Å². The lowest BCUT2D eigenvalue weighted by Gasteiger charge is -2.07. The molecule has 5 heteroatoms. The van der Waals surface area contributed by atoms with Crippen molar-refractivity contribution in [2.45, 2.75) is 13.5 Å². The van der Waals surface area contributed by atoms with Gasteiger partial charge < -0.3 is 10.5 Å². The highest BCUT2D eigenvalue weighted by molar-refractivity contribution is 5.33. The first-order valence-corrected chi connectivity index (χ1v) is 4.95. The number of nitrogen functional groups attached to an aromatic ring is 1. The Labute approximate surface area is 92.5 Å². The molecule has 0 atom stereocenters. The summed E-state index contributed by atoms with van der Waals surface area (Å²) in [5.74, 6) is 0.770. The van der Waals surface area contributed by atoms with E-state index in [1.54, 1.807) is 16.7 Å². The van der Waals surface area contributed by atoms with E-state index >= 15 is 0 Å². The van der Waals surface area contributed by atoms with Crippen LogP contribution in [0, 0.1) is 5.82 Å². The van der Waals surface area contributed by atoms with Crippen LogP contribution in [0.3, 0.4) is 0 Å². The Kier molecular flexibility index (Phi) is 2.76. The molecule has 0 aliphatic rings. The molecular weight excluding hydrogens is 209 g/mol. The van der Waals surface area contributed by atoms with Crippen LogP contribution in [0.15, 0.2) is 30.5 Å². The van der Waals surface area contributed by atoms with E-state index in [0.717, 1.165) is 0 Å². The zero-order valence-corrected chi connectivity index (χ0v) is 8.85. The molecule has 16 heavy (non-hydrogen) atoms. The number of benzene rings is 1. The topological polar surface area (TPSA) is 53.1 Å². The first-order valence-electron chi connectivity index (χ1n) is 4.95. The van der Waals surface area contributed by atoms with Crippen molar-refractivity contribution >= 4 is 5.82 Å². The number of aromatic nitrogens is 2. The number of halogens is 1. The summed E-state index contributed by atoms with van der Waals surface area (Å²) in [6.07, 6.45) is 1.53. The summed E-state index contributed by atoms with van der Waals surface area (Å²) >= 11 is 0. The molecule has 1 aromatic carbocycles. The third kappa shape index (κ3) is 1.98. The van der Waals surface area contributed by atoms with E-state index in [1.807, 2.05) is 6.92 Å². The minimum absolute atomic E-state index is 0.300. The molecule has 0 bridgehead atoms. The maximum absolute atomic E-state index is 12.7. The maximum atomic E-state index is 12.7. The Morgan fingerprint density at radius 3 is 2.69 bits per heavy atom. The molecule has 0 aliphatic heterocycles. The average Bonchev–Trinajstić information content (AvgIpc) is 2.63. The first kappa shape index (κ1) is 10.5. The monoisotopic (exact) mass is 221 g/mol. The molecule has 0 saturated carbocycles. The molecular formula is C11H12FN3O. The smallest absolute Gasteiger partial charge is 0.303 e. The van der Waals surface area contributed by atoms with Crippen LogP contribution in [-0.4, -0.2) is 9.55 Å². The number of nitrogens with zero attached hydrogens (tertiary/aromatic N) is 2. The van der Waals surface area contributed by atoms with E-state index in [9.17, 15) is 4.39 Å². The number of ether oxygens (including phenoxy) is 1. The van der Waals surface area contributed by atoms with E-state index in [4.69, 9.17) is 10.5 Å². The highest BCUT2D eigenvalue weighted by Gasteiger charge is 2.07. The van der Waals surface area contributed by atoms with Crippen molar-refractivity contribution in [3.05, 3.63) is 36.3 Å². The van der Waals surface area contributed by atoms with Gasteiger partial charge in [0, 0.05) is 6.54 Å². The van der Waals surface area contributed by atoms with Crippen LogP contribution in [-0.2, 0) is 6.54 Å². The lowest BCUT2D eigenvalue weighted by molar-refractivity contribution is 0.416. The van der Waals surface area contributed by atoms with Gasteiger partial charge in [-0.1, -0.05) is 0 Å². The first-order chi connectivity index (χ1) is 7.70. The van der Waals surface area contributed by atoms with E-state index in [1.165, 1.54) is 18.3 Å². The van der Waals surface area contributed by atoms with Crippen molar-refractivity contribution in [1.82, 2.24) is 9.55 Å². The number of hydrogen-bond acceptors (Lipinski definition) is 3. The quantitative estimate of drug-likeness (QED) is 0.865. The van der Waals surface area contributed by atoms with Gasteiger partial charge in [0.25, 0.3) is 0 Å². The fourth-order valence-electron chi connectivity index (χ4n) is 1.38. The van der Waals surface area contributed by atoms with Gasteiger partial charge in [-0.15, -0.1) is 0 Å². The second kappa shape index (κ2) is 4.22. The standard InChI is InChI=1S/C11H12FN3O/c1-2-15-10(13)7-14-11(15)16-9-5-3-8(12)4-6-9/h3-7H,2,13H2,1H3. The number of hydrogen-bond donors (Lipinski definition) is 1. The Morgan fingerprint density at radius 2 is 2.06 bits per heavy atom. The van der Waals surface area contributed by atoms with Crippen LogP contribution < -0.4 is 10.5 Å². The normalized spacial score (nSPS) is 10.4. The van der Waals surface area contributed by atoms with Gasteiger partial charge in [0.1, 0.15) is 17.4 Å². The van der Waals surface area contributed by atoms with Crippen LogP contribution in [0.1, 0.15) is 6.92 Å². The molecule has 0 amide bonds. The van der Waals surface area contributed by atoms with Crippen LogP contribution in [0.4, 0.5) is 10.2 Å². The number of rotatable bonds is 3. The minimum atomic E-state index is -0.300. The summed E-state index contributed by atoms with van der Waals surface area (Å²) < 4.78 is 19.9. The van der Waals surface area contributed by atoms with Crippen LogP contribution >= 0.6 is 0 Å². The van der Waals surface area contributed by atoms with E-state index in [-0.39, 0.29) is 5.82 Å². The van der Waals surface area contributed by atoms with Gasteiger partial charge in [0.15, 0.2) is 0 Å². The van der Waals surface area contributed by atoms with Crippen molar-refractivity contribution in [3.8, 4) is 11.8 Å². The highest BCUT2D eigenvalue weighted by Crippen LogP contribution is 2.22. The molecule has 0 aliphatic carbocycles. The number of imidazole rings is 1. The lowest BCUT2D eigenvalue weighted by Crippen LogP contribution is -2.02. The molecule has 0 saturated heterocycles. The Bertz CT molecular complexity index is 478. The molecule has 0 fully saturated rings. The predicted octanol–water partition coefficient (Wildman–Crippen LogP) is 2.42. The van der Waals surface area contributed by atoms with Crippen molar-refractivity contribution in [2.24, 2.45) is 0 Å². The van der Waals surface area contributed by atoms with Crippen molar-refractivity contribution in [2.75, 3.05) is 5.73 Å². The Hall–Kier alpha value is -2.04. The van der Waals surface area contributed by atoms with Gasteiger partial charge in [0.2, 0.25) is 0 Å². The summed E-state index contributed by atoms with van der Waals surface area (Å²) in [5.41, 5.74) is 5.69. The van der Waals surface area contributed by atoms with Crippen molar-refractivity contribution in [3.63, 3.8) is 0 Å². The lowest BCUT2D eigenvalue weighted by atomic mass is 10.3. The summed E-state index contributed by atoms with van der Waals surface area (Å²) in [6.45, 7) is 2.61. The minimum Gasteiger partial charge on any atom is -0.425 e. The fraction of sp³-hybridized carbons (Fsp3) is 0.182. The van der Waals surface area contributed by atoms with Gasteiger partial charge in [-0.25, -0.2) is 9.37 Å². The second-order valence-corrected chi connectivity index (χ2v) is 3.27. The number of nitrogens with two attached hydrogens (primary N) is 1. The summed E-state index contributed by atoms with van der Waals surface area (Å²) in [5, 5.41) is 0. The third-order valence-corrected chi connectivity index (χ3v) is 2.19. The van der Waals surface area contributed by atoms with Gasteiger partial charge in [-0.3, -0.25) is 4.57 Å². The molecule has 0 radical (unpaired) electrons. The molecule has 2 N–H and O–H groups in total. The highest BCUT2D eigenvalue weighted by atomic mass is 19.1. The van der Waals surface area contributed by atoms with Crippen molar-refractivity contribution < 1.29 is 9.13 Å². The molecule has 84 valence electrons. The zero-order valence-electron chi connectivity index (χ0n) is 8.85. The summed E-state index contributed by atoms with van der Waals surface area (Å²) in [4.78, 5) is 4.03. The SMILES string of the molecule is CCn1c(N)cnc1Oc1ccc(F)cc1. The van der Waals surface area contributed by atoms with Gasteiger partial charge in [-0.2, -0.15) is 0 Å². The van der Waals surface area contributed by atoms with Crippen LogP contribution in [0.5, 0.6) is 11.8 Å². The summed E-state index contributed by atoms with van der Waals surface area (Å²) in [6, 6.07) is 6.16. The average molecular weight is 221 g/mol. The zero-order chi connectivity index (χ0) is 11.5. The van der Waals surface area contributed by atoms with Gasteiger partial charge in [0.05, 0.1) is 6.20 Å². The third-order valence-electron chi connectivity index (χ3n) is 2.19. The largest absolute Gasteiger partial charge is 0.425 e. The predicted molar refractivity (Wildman–Crippen MR) is 58.8 cm³/mol. The fourth-order valence-corrected chi connectivity index (χ4v) is 1.38. The van der Waals surface area contributed by atoms with E-state index < -0.39 is 0 Å². The Morgan fingerprint density at radius 1 is 1.38 bits per heavy atom. The van der Waals surface area contributed by atoms with E-state index in [0.29, 0.717) is 24.1 Å².